The van der Waals surface area contributed by atoms with Crippen LogP contribution in [0.1, 0.15) is 41.8 Å². The van der Waals surface area contributed by atoms with Crippen molar-refractivity contribution in [3.8, 4) is 0 Å². The van der Waals surface area contributed by atoms with Crippen molar-refractivity contribution in [2.24, 2.45) is 5.92 Å². The van der Waals surface area contributed by atoms with Crippen LogP contribution in [-0.2, 0) is 12.1 Å². The number of benzene rings is 2. The van der Waals surface area contributed by atoms with Gasteiger partial charge in [0.1, 0.15) is 29.9 Å². The van der Waals surface area contributed by atoms with Crippen LogP contribution >= 0.6 is 0 Å². The number of halogens is 2. The zero-order chi connectivity index (χ0) is 21.7. The summed E-state index contributed by atoms with van der Waals surface area (Å²) in [6, 6.07) is 10.3. The molecule has 0 aliphatic rings. The fourth-order valence-electron chi connectivity index (χ4n) is 3.34. The summed E-state index contributed by atoms with van der Waals surface area (Å²) in [5.74, 6) is -1.94. The van der Waals surface area contributed by atoms with Crippen molar-refractivity contribution in [1.82, 2.24) is 14.8 Å². The quantitative estimate of drug-likeness (QED) is 0.559. The molecule has 2 aromatic carbocycles. The molecule has 0 saturated heterocycles. The van der Waals surface area contributed by atoms with Gasteiger partial charge in [0.05, 0.1) is 6.54 Å². The van der Waals surface area contributed by atoms with Gasteiger partial charge >= 0.3 is 0 Å². The molecular formula is C23H23F2N3O2. The summed E-state index contributed by atoms with van der Waals surface area (Å²) < 4.78 is 29.4. The maximum Gasteiger partial charge on any atom is 0.159 e. The molecule has 0 radical (unpaired) electrons. The lowest BCUT2D eigenvalue weighted by Gasteiger charge is -2.34. The number of allylic oxidation sites excluding steroid dienone is 1. The van der Waals surface area contributed by atoms with Crippen LogP contribution in [0.3, 0.4) is 0 Å². The molecule has 0 aliphatic heterocycles. The molecule has 1 N–H and O–H groups in total. The summed E-state index contributed by atoms with van der Waals surface area (Å²) in [5, 5.41) is 15.5. The fourth-order valence-corrected chi connectivity index (χ4v) is 3.34. The van der Waals surface area contributed by atoms with Gasteiger partial charge in [0.2, 0.25) is 0 Å². The highest BCUT2D eigenvalue weighted by Crippen LogP contribution is 2.35. The lowest BCUT2D eigenvalue weighted by atomic mass is 9.80. The van der Waals surface area contributed by atoms with E-state index in [1.807, 2.05) is 24.3 Å². The molecule has 3 rings (SSSR count). The molecule has 30 heavy (non-hydrogen) atoms. The predicted octanol–water partition coefficient (Wildman–Crippen LogP) is 4.39. The Morgan fingerprint density at radius 1 is 1.23 bits per heavy atom. The van der Waals surface area contributed by atoms with E-state index in [0.717, 1.165) is 17.7 Å². The molecule has 1 heterocycles. The van der Waals surface area contributed by atoms with Gasteiger partial charge in [-0.05, 0) is 30.9 Å². The highest BCUT2D eigenvalue weighted by atomic mass is 19.1. The van der Waals surface area contributed by atoms with Gasteiger partial charge in [0, 0.05) is 17.2 Å². The van der Waals surface area contributed by atoms with Crippen LogP contribution in [0.25, 0.3) is 6.08 Å². The van der Waals surface area contributed by atoms with Crippen molar-refractivity contribution in [2.45, 2.75) is 32.4 Å². The summed E-state index contributed by atoms with van der Waals surface area (Å²) in [5.41, 5.74) is -0.0884. The van der Waals surface area contributed by atoms with Crippen molar-refractivity contribution in [1.29, 1.82) is 0 Å². The van der Waals surface area contributed by atoms with Crippen molar-refractivity contribution < 1.29 is 18.7 Å². The molecule has 5 nitrogen and oxygen atoms in total. The minimum atomic E-state index is -1.63. The first-order valence-corrected chi connectivity index (χ1v) is 9.57. The number of hydrogen-bond donors (Lipinski definition) is 1. The summed E-state index contributed by atoms with van der Waals surface area (Å²) in [6.07, 6.45) is 6.94. The third-order valence-corrected chi connectivity index (χ3v) is 5.20. The third kappa shape index (κ3) is 4.86. The fraction of sp³-hybridized carbons (Fsp3) is 0.261. The second-order valence-electron chi connectivity index (χ2n) is 7.36. The van der Waals surface area contributed by atoms with E-state index in [4.69, 9.17) is 0 Å². The Bertz CT molecular complexity index is 1030. The first-order valence-electron chi connectivity index (χ1n) is 9.57. The molecule has 1 aromatic heterocycles. The monoisotopic (exact) mass is 411 g/mol. The van der Waals surface area contributed by atoms with E-state index in [-0.39, 0.29) is 17.9 Å². The van der Waals surface area contributed by atoms with Crippen LogP contribution in [0, 0.1) is 17.6 Å². The Morgan fingerprint density at radius 2 is 1.97 bits per heavy atom. The number of Topliss-reactive ketones (excluding diaryl/α,β-unsaturated/α-hetero) is 1. The van der Waals surface area contributed by atoms with Crippen LogP contribution in [0.15, 0.2) is 61.2 Å². The molecule has 0 bridgehead atoms. The zero-order valence-corrected chi connectivity index (χ0v) is 16.8. The molecule has 0 aliphatic carbocycles. The number of nitrogens with zero attached hydrogens (tertiary/aromatic N) is 3. The van der Waals surface area contributed by atoms with Gasteiger partial charge in [-0.2, -0.15) is 5.10 Å². The molecule has 2 atom stereocenters. The number of carbonyl (C=O) groups excluding carboxylic acids is 1. The molecule has 0 amide bonds. The van der Waals surface area contributed by atoms with Gasteiger partial charge in [0.25, 0.3) is 0 Å². The third-order valence-electron chi connectivity index (χ3n) is 5.20. The molecule has 0 saturated carbocycles. The van der Waals surface area contributed by atoms with Gasteiger partial charge in [0.15, 0.2) is 5.78 Å². The Kier molecular flexibility index (Phi) is 6.52. The van der Waals surface area contributed by atoms with Gasteiger partial charge in [-0.15, -0.1) is 0 Å². The van der Waals surface area contributed by atoms with E-state index in [0.29, 0.717) is 12.0 Å². The summed E-state index contributed by atoms with van der Waals surface area (Å²) >= 11 is 0. The molecule has 0 spiro atoms. The van der Waals surface area contributed by atoms with E-state index in [1.165, 1.54) is 30.3 Å². The Labute approximate surface area is 173 Å². The number of aliphatic hydroxyl groups is 1. The topological polar surface area (TPSA) is 68.0 Å². The number of ketones is 1. The van der Waals surface area contributed by atoms with E-state index >= 15 is 0 Å². The van der Waals surface area contributed by atoms with E-state index in [2.05, 4.69) is 10.1 Å². The Balaban J connectivity index is 1.82. The molecule has 156 valence electrons. The van der Waals surface area contributed by atoms with E-state index in [1.54, 1.807) is 19.1 Å². The van der Waals surface area contributed by atoms with Crippen LogP contribution in [0.2, 0.25) is 0 Å². The number of carbonyl (C=O) groups is 1. The van der Waals surface area contributed by atoms with Crippen molar-refractivity contribution in [2.75, 3.05) is 0 Å². The second kappa shape index (κ2) is 9.09. The first-order chi connectivity index (χ1) is 14.3. The maximum atomic E-state index is 14.5. The van der Waals surface area contributed by atoms with Crippen LogP contribution in [-0.4, -0.2) is 25.7 Å². The van der Waals surface area contributed by atoms with Crippen molar-refractivity contribution >= 4 is 11.9 Å². The Morgan fingerprint density at radius 3 is 2.57 bits per heavy atom. The summed E-state index contributed by atoms with van der Waals surface area (Å²) in [7, 11) is 0. The SMILES string of the molecule is CC(=O)c1ccc(/C=C/C[C@H](C)[C@](O)(Cn2cncn2)c2ccc(F)cc2F)cc1. The van der Waals surface area contributed by atoms with Crippen LogP contribution in [0.4, 0.5) is 8.78 Å². The van der Waals surface area contributed by atoms with Crippen LogP contribution < -0.4 is 0 Å². The number of rotatable bonds is 8. The number of aromatic nitrogens is 3. The summed E-state index contributed by atoms with van der Waals surface area (Å²) in [4.78, 5) is 15.2. The van der Waals surface area contributed by atoms with Gasteiger partial charge in [-0.3, -0.25) is 4.79 Å². The highest BCUT2D eigenvalue weighted by Gasteiger charge is 2.38. The van der Waals surface area contributed by atoms with Gasteiger partial charge in [-0.1, -0.05) is 49.4 Å². The summed E-state index contributed by atoms with van der Waals surface area (Å²) in [6.45, 7) is 3.28. The lowest BCUT2D eigenvalue weighted by molar-refractivity contribution is -0.0379. The minimum Gasteiger partial charge on any atom is -0.383 e. The van der Waals surface area contributed by atoms with Crippen molar-refractivity contribution in [3.05, 3.63) is 89.5 Å². The molecule has 0 fully saturated rings. The normalized spacial score (nSPS) is 14.6. The molecule has 7 heteroatoms. The number of hydrogen-bond acceptors (Lipinski definition) is 4. The molecule has 3 aromatic rings. The predicted molar refractivity (Wildman–Crippen MR) is 110 cm³/mol. The average Bonchev–Trinajstić information content (AvgIpc) is 3.20. The van der Waals surface area contributed by atoms with Crippen molar-refractivity contribution in [3.63, 3.8) is 0 Å². The van der Waals surface area contributed by atoms with Gasteiger partial charge < -0.3 is 5.11 Å². The smallest absolute Gasteiger partial charge is 0.159 e. The van der Waals surface area contributed by atoms with E-state index < -0.39 is 23.2 Å². The largest absolute Gasteiger partial charge is 0.383 e. The highest BCUT2D eigenvalue weighted by molar-refractivity contribution is 5.94. The van der Waals surface area contributed by atoms with E-state index in [9.17, 15) is 18.7 Å². The first kappa shape index (κ1) is 21.5. The standard InChI is InChI=1S/C23H23F2N3O2/c1-16(4-3-5-18-6-8-19(9-7-18)17(2)29)23(30,13-28-15-26-14-27-28)21-11-10-20(24)12-22(21)25/h3,5-12,14-16,30H,4,13H2,1-2H3/b5-3+/t16-,23+/m0/s1. The minimum absolute atomic E-state index is 0.00125. The zero-order valence-electron chi connectivity index (χ0n) is 16.8. The average molecular weight is 411 g/mol. The Hall–Kier alpha value is -3.19. The van der Waals surface area contributed by atoms with Gasteiger partial charge in [-0.25, -0.2) is 18.4 Å². The molecule has 0 unspecified atom stereocenters. The van der Waals surface area contributed by atoms with Crippen LogP contribution in [0.5, 0.6) is 0 Å². The lowest BCUT2D eigenvalue weighted by Crippen LogP contribution is -2.39. The maximum absolute atomic E-state index is 14.5. The molecular weight excluding hydrogens is 388 g/mol. The second-order valence-corrected chi connectivity index (χ2v) is 7.36.